The van der Waals surface area contributed by atoms with Gasteiger partial charge in [0.25, 0.3) is 0 Å². The third-order valence-corrected chi connectivity index (χ3v) is 14.8. The van der Waals surface area contributed by atoms with Gasteiger partial charge in [0, 0.05) is 56.0 Å². The van der Waals surface area contributed by atoms with Gasteiger partial charge in [0.1, 0.15) is 34.2 Å². The van der Waals surface area contributed by atoms with Gasteiger partial charge in [-0.05, 0) is 99.6 Å². The van der Waals surface area contributed by atoms with Gasteiger partial charge in [-0.25, -0.2) is 0 Å². The quantitative estimate of drug-likeness (QED) is 0.177. The molecule has 0 saturated heterocycles. The fourth-order valence-electron chi connectivity index (χ4n) is 12.3. The summed E-state index contributed by atoms with van der Waals surface area (Å²) in [5.74, 6) is 3.51. The van der Waals surface area contributed by atoms with E-state index >= 15 is 0 Å². The summed E-state index contributed by atoms with van der Waals surface area (Å²) in [4.78, 5) is 2.46. The minimum atomic E-state index is -0.616. The predicted molar refractivity (Wildman–Crippen MR) is 263 cm³/mol. The van der Waals surface area contributed by atoms with Crippen LogP contribution >= 0.6 is 0 Å². The standard InChI is InChI=1S/C62H37NO3/c1-4-19-45-40(16-1)44-36-38(33-35-47(44)61(45)48-21-6-11-28-55(48)65-56-29-12-7-22-49(56)61)63(39-32-34-42-41-17-3-10-27-54(41)64-59(42)37-39)53-26-15-25-52-60(53)43-18-2-5-20-46(43)62(52)50-23-8-13-30-57(50)66-58-31-14-9-24-51(58)62/h1-37H. The van der Waals surface area contributed by atoms with Gasteiger partial charge < -0.3 is 18.8 Å². The van der Waals surface area contributed by atoms with Crippen LogP contribution in [0.15, 0.2) is 229 Å². The number of para-hydroxylation sites is 5. The fraction of sp³-hybridized carbons (Fsp3) is 0.0323. The monoisotopic (exact) mass is 843 g/mol. The van der Waals surface area contributed by atoms with Crippen LogP contribution in [0.4, 0.5) is 17.1 Å². The lowest BCUT2D eigenvalue weighted by Gasteiger charge is -2.39. The molecule has 10 aromatic carbocycles. The maximum Gasteiger partial charge on any atom is 0.137 e. The van der Waals surface area contributed by atoms with Crippen molar-refractivity contribution in [3.8, 4) is 45.3 Å². The number of furan rings is 1. The van der Waals surface area contributed by atoms with E-state index in [1.165, 1.54) is 44.5 Å². The van der Waals surface area contributed by atoms with Crippen molar-refractivity contribution >= 4 is 39.0 Å². The number of fused-ring (bicyclic) bond motifs is 21. The van der Waals surface area contributed by atoms with E-state index in [1.54, 1.807) is 0 Å². The van der Waals surface area contributed by atoms with Gasteiger partial charge in [-0.3, -0.25) is 0 Å². The number of hydrogen-bond donors (Lipinski definition) is 0. The molecule has 2 aliphatic heterocycles. The maximum absolute atomic E-state index is 6.71. The summed E-state index contributed by atoms with van der Waals surface area (Å²) in [6.45, 7) is 0. The van der Waals surface area contributed by atoms with E-state index in [-0.39, 0.29) is 0 Å². The second-order valence-electron chi connectivity index (χ2n) is 17.8. The van der Waals surface area contributed by atoms with Crippen molar-refractivity contribution in [2.45, 2.75) is 10.8 Å². The summed E-state index contributed by atoms with van der Waals surface area (Å²) in [5.41, 5.74) is 18.0. The zero-order chi connectivity index (χ0) is 43.1. The van der Waals surface area contributed by atoms with Crippen LogP contribution in [0.5, 0.6) is 23.0 Å². The second kappa shape index (κ2) is 13.0. The van der Waals surface area contributed by atoms with E-state index in [1.807, 2.05) is 6.07 Å². The molecule has 0 amide bonds. The molecular formula is C62H37NO3. The number of rotatable bonds is 3. The summed E-state index contributed by atoms with van der Waals surface area (Å²) >= 11 is 0. The Balaban J connectivity index is 1.03. The van der Waals surface area contributed by atoms with Crippen LogP contribution in [0.25, 0.3) is 44.2 Å². The lowest BCUT2D eigenvalue weighted by atomic mass is 9.66. The minimum Gasteiger partial charge on any atom is -0.457 e. The van der Waals surface area contributed by atoms with Crippen LogP contribution in [0, 0.1) is 0 Å². The zero-order valence-corrected chi connectivity index (χ0v) is 35.5. The molecule has 4 heteroatoms. The molecule has 3 heterocycles. The van der Waals surface area contributed by atoms with E-state index in [4.69, 9.17) is 13.9 Å². The Kier molecular flexibility index (Phi) is 7.05. The molecule has 0 atom stereocenters. The highest BCUT2D eigenvalue weighted by molar-refractivity contribution is 6.07. The van der Waals surface area contributed by atoms with Crippen molar-refractivity contribution < 1.29 is 13.9 Å². The maximum atomic E-state index is 6.71. The van der Waals surface area contributed by atoms with Crippen molar-refractivity contribution in [1.82, 2.24) is 0 Å². The van der Waals surface area contributed by atoms with Crippen LogP contribution in [0.3, 0.4) is 0 Å². The smallest absolute Gasteiger partial charge is 0.137 e. The molecule has 15 rings (SSSR count). The Morgan fingerprint density at radius 3 is 1.41 bits per heavy atom. The van der Waals surface area contributed by atoms with E-state index in [0.717, 1.165) is 84.3 Å². The normalized spacial score (nSPS) is 14.5. The Labute approximate surface area is 381 Å². The number of nitrogens with zero attached hydrogens (tertiary/aromatic N) is 1. The van der Waals surface area contributed by atoms with Crippen LogP contribution < -0.4 is 14.4 Å². The molecule has 0 N–H and O–H groups in total. The lowest BCUT2D eigenvalue weighted by molar-refractivity contribution is 0.436. The molecule has 66 heavy (non-hydrogen) atoms. The van der Waals surface area contributed by atoms with Gasteiger partial charge in [-0.15, -0.1) is 0 Å². The van der Waals surface area contributed by atoms with Crippen LogP contribution in [0.2, 0.25) is 0 Å². The molecule has 0 bridgehead atoms. The molecule has 0 unspecified atom stereocenters. The third kappa shape index (κ3) is 4.43. The van der Waals surface area contributed by atoms with E-state index in [0.29, 0.717) is 0 Å². The predicted octanol–water partition coefficient (Wildman–Crippen LogP) is 16.0. The number of ether oxygens (including phenoxy) is 2. The molecule has 2 aliphatic carbocycles. The second-order valence-corrected chi connectivity index (χ2v) is 17.8. The Hall–Kier alpha value is -8.60. The highest BCUT2D eigenvalue weighted by Gasteiger charge is 2.53. The summed E-state index contributed by atoms with van der Waals surface area (Å²) in [5, 5.41) is 2.20. The number of hydrogen-bond acceptors (Lipinski definition) is 4. The molecule has 11 aromatic rings. The van der Waals surface area contributed by atoms with E-state index < -0.39 is 10.8 Å². The van der Waals surface area contributed by atoms with Crippen molar-refractivity contribution in [2.24, 2.45) is 0 Å². The van der Waals surface area contributed by atoms with Crippen LogP contribution in [0.1, 0.15) is 44.5 Å². The van der Waals surface area contributed by atoms with Crippen LogP contribution in [-0.4, -0.2) is 0 Å². The average molecular weight is 844 g/mol. The van der Waals surface area contributed by atoms with Crippen molar-refractivity contribution in [3.05, 3.63) is 269 Å². The van der Waals surface area contributed by atoms with Crippen molar-refractivity contribution in [2.75, 3.05) is 4.90 Å². The van der Waals surface area contributed by atoms with Gasteiger partial charge in [0.15, 0.2) is 0 Å². The first-order valence-corrected chi connectivity index (χ1v) is 22.7. The summed E-state index contributed by atoms with van der Waals surface area (Å²) in [7, 11) is 0. The zero-order valence-electron chi connectivity index (χ0n) is 35.5. The molecule has 1 aromatic heterocycles. The molecule has 0 radical (unpaired) electrons. The van der Waals surface area contributed by atoms with Crippen LogP contribution in [-0.2, 0) is 10.8 Å². The summed E-state index contributed by atoms with van der Waals surface area (Å²) in [6, 6.07) is 81.2. The molecular weight excluding hydrogens is 807 g/mol. The Morgan fingerprint density at radius 1 is 0.303 bits per heavy atom. The van der Waals surface area contributed by atoms with Crippen molar-refractivity contribution in [3.63, 3.8) is 0 Å². The average Bonchev–Trinajstić information content (AvgIpc) is 3.99. The molecule has 2 spiro atoms. The number of benzene rings is 10. The highest BCUT2D eigenvalue weighted by Crippen LogP contribution is 2.66. The first-order valence-electron chi connectivity index (χ1n) is 22.7. The summed E-state index contributed by atoms with van der Waals surface area (Å²) < 4.78 is 20.0. The summed E-state index contributed by atoms with van der Waals surface area (Å²) in [6.07, 6.45) is 0. The topological polar surface area (TPSA) is 34.8 Å². The van der Waals surface area contributed by atoms with E-state index in [2.05, 4.69) is 223 Å². The minimum absolute atomic E-state index is 0.572. The van der Waals surface area contributed by atoms with Gasteiger partial charge in [-0.2, -0.15) is 0 Å². The first kappa shape index (κ1) is 35.8. The molecule has 0 saturated carbocycles. The largest absolute Gasteiger partial charge is 0.457 e. The third-order valence-electron chi connectivity index (χ3n) is 14.8. The molecule has 4 aliphatic rings. The van der Waals surface area contributed by atoms with Gasteiger partial charge >= 0.3 is 0 Å². The molecule has 308 valence electrons. The van der Waals surface area contributed by atoms with E-state index in [9.17, 15) is 0 Å². The van der Waals surface area contributed by atoms with Gasteiger partial charge in [-0.1, -0.05) is 158 Å². The molecule has 4 nitrogen and oxygen atoms in total. The van der Waals surface area contributed by atoms with Gasteiger partial charge in [0.05, 0.1) is 16.5 Å². The Bertz CT molecular complexity index is 3790. The van der Waals surface area contributed by atoms with Crippen molar-refractivity contribution in [1.29, 1.82) is 0 Å². The number of anilines is 3. The fourth-order valence-corrected chi connectivity index (χ4v) is 12.3. The first-order chi connectivity index (χ1) is 32.7. The SMILES string of the molecule is c1ccc2c(c1)Oc1ccccc1C21c2ccccc2-c2cc(N(c3ccc4c(c3)oc3ccccc34)c3cccc4c3-c3ccccc3C43c4ccccc4Oc4ccccc43)ccc21. The molecule has 0 fully saturated rings. The highest BCUT2D eigenvalue weighted by atomic mass is 16.5. The lowest BCUT2D eigenvalue weighted by Crippen LogP contribution is -2.32. The van der Waals surface area contributed by atoms with Gasteiger partial charge in [0.2, 0.25) is 0 Å². The Morgan fingerprint density at radius 2 is 0.758 bits per heavy atom.